The van der Waals surface area contributed by atoms with E-state index in [4.69, 9.17) is 0 Å². The summed E-state index contributed by atoms with van der Waals surface area (Å²) in [6.45, 7) is 3.85. The third-order valence-electron chi connectivity index (χ3n) is 3.56. The van der Waals surface area contributed by atoms with Gasteiger partial charge in [-0.3, -0.25) is 4.79 Å². The molecule has 1 heterocycles. The molecule has 0 unspecified atom stereocenters. The van der Waals surface area contributed by atoms with Crippen LogP contribution in [0.25, 0.3) is 0 Å². The highest BCUT2D eigenvalue weighted by Gasteiger charge is 2.34. The van der Waals surface area contributed by atoms with Crippen LogP contribution < -0.4 is 10.6 Å². The molecule has 2 rings (SSSR count). The lowest BCUT2D eigenvalue weighted by Crippen LogP contribution is -2.58. The zero-order valence-corrected chi connectivity index (χ0v) is 13.1. The summed E-state index contributed by atoms with van der Waals surface area (Å²) in [5, 5.41) is 5.61. The molecule has 1 amide bonds. The molecule has 0 aromatic heterocycles. The van der Waals surface area contributed by atoms with Crippen LogP contribution in [-0.4, -0.2) is 51.4 Å². The van der Waals surface area contributed by atoms with Crippen molar-refractivity contribution < 1.29 is 13.2 Å². The molecule has 6 nitrogen and oxygen atoms in total. The number of nitrogens with one attached hydrogen (secondary N) is 2. The first-order chi connectivity index (χ1) is 10.0. The van der Waals surface area contributed by atoms with Gasteiger partial charge in [0, 0.05) is 32.2 Å². The molecule has 1 aliphatic rings. The minimum absolute atomic E-state index is 0.0218. The van der Waals surface area contributed by atoms with Crippen molar-refractivity contribution in [2.75, 3.05) is 26.7 Å². The van der Waals surface area contributed by atoms with Crippen LogP contribution in [0.5, 0.6) is 0 Å². The van der Waals surface area contributed by atoms with Crippen molar-refractivity contribution >= 4 is 15.9 Å². The second-order valence-corrected chi connectivity index (χ2v) is 6.92. The highest BCUT2D eigenvalue weighted by Crippen LogP contribution is 2.21. The lowest BCUT2D eigenvalue weighted by atomic mass is 10.2. The first-order valence-electron chi connectivity index (χ1n) is 7.05. The Morgan fingerprint density at radius 3 is 2.38 bits per heavy atom. The van der Waals surface area contributed by atoms with Crippen molar-refractivity contribution in [3.8, 4) is 0 Å². The smallest absolute Gasteiger partial charge is 0.251 e. The predicted molar refractivity (Wildman–Crippen MR) is 80.7 cm³/mol. The summed E-state index contributed by atoms with van der Waals surface area (Å²) < 4.78 is 27.0. The van der Waals surface area contributed by atoms with Crippen LogP contribution in [0.1, 0.15) is 23.7 Å². The fraction of sp³-hybridized carbons (Fsp3) is 0.500. The maximum atomic E-state index is 12.7. The average molecular weight is 311 g/mol. The van der Waals surface area contributed by atoms with E-state index in [1.807, 2.05) is 6.92 Å². The number of hydrogen-bond donors (Lipinski definition) is 2. The first-order valence-corrected chi connectivity index (χ1v) is 8.49. The number of sulfonamides is 1. The van der Waals surface area contributed by atoms with E-state index in [0.717, 1.165) is 6.42 Å². The van der Waals surface area contributed by atoms with Crippen molar-refractivity contribution in [3.05, 3.63) is 29.8 Å². The van der Waals surface area contributed by atoms with Gasteiger partial charge in [-0.1, -0.05) is 6.92 Å². The molecule has 1 aromatic rings. The van der Waals surface area contributed by atoms with E-state index in [0.29, 0.717) is 25.2 Å². The average Bonchev–Trinajstić information content (AvgIpc) is 2.44. The van der Waals surface area contributed by atoms with E-state index in [2.05, 4.69) is 10.6 Å². The van der Waals surface area contributed by atoms with Gasteiger partial charge in [-0.15, -0.1) is 0 Å². The topological polar surface area (TPSA) is 78.5 Å². The third-order valence-corrected chi connectivity index (χ3v) is 5.53. The van der Waals surface area contributed by atoms with E-state index < -0.39 is 10.0 Å². The summed E-state index contributed by atoms with van der Waals surface area (Å²) >= 11 is 0. The molecule has 7 heteroatoms. The van der Waals surface area contributed by atoms with Gasteiger partial charge in [0.05, 0.1) is 10.9 Å². The zero-order valence-electron chi connectivity index (χ0n) is 12.3. The van der Waals surface area contributed by atoms with Gasteiger partial charge in [-0.05, 0) is 30.7 Å². The Bertz CT molecular complexity index is 594. The van der Waals surface area contributed by atoms with Gasteiger partial charge in [-0.25, -0.2) is 8.42 Å². The fourth-order valence-electron chi connectivity index (χ4n) is 2.25. The van der Waals surface area contributed by atoms with Crippen molar-refractivity contribution in [1.29, 1.82) is 0 Å². The molecule has 1 aromatic carbocycles. The lowest BCUT2D eigenvalue weighted by Gasteiger charge is -2.37. The second kappa shape index (κ2) is 6.55. The summed E-state index contributed by atoms with van der Waals surface area (Å²) in [7, 11) is -1.97. The number of carbonyl (C=O) groups excluding carboxylic acids is 1. The predicted octanol–water partition coefficient (Wildman–Crippen LogP) is 0.419. The standard InChI is InChI=1S/C14H21N3O3S/c1-3-8-17(12-9-16-10-12)21(19,20)13-6-4-11(5-7-13)14(18)15-2/h4-7,12,16H,3,8-10H2,1-2H3,(H,15,18). The summed E-state index contributed by atoms with van der Waals surface area (Å²) in [5.74, 6) is -0.229. The molecule has 0 saturated carbocycles. The Kier molecular flexibility index (Phi) is 4.97. The summed E-state index contributed by atoms with van der Waals surface area (Å²) in [6.07, 6.45) is 0.770. The fourth-order valence-corrected chi connectivity index (χ4v) is 3.97. The molecule has 1 saturated heterocycles. The molecule has 0 atom stereocenters. The van der Waals surface area contributed by atoms with Crippen LogP contribution in [-0.2, 0) is 10.0 Å². The molecule has 116 valence electrons. The highest BCUT2D eigenvalue weighted by atomic mass is 32.2. The van der Waals surface area contributed by atoms with Gasteiger partial charge in [0.2, 0.25) is 10.0 Å². The Morgan fingerprint density at radius 2 is 1.95 bits per heavy atom. The van der Waals surface area contributed by atoms with Crippen LogP contribution in [0, 0.1) is 0 Å². The SMILES string of the molecule is CCCN(C1CNC1)S(=O)(=O)c1ccc(C(=O)NC)cc1. The summed E-state index contributed by atoms with van der Waals surface area (Å²) in [5.41, 5.74) is 0.448. The molecular formula is C14H21N3O3S. The zero-order chi connectivity index (χ0) is 15.5. The Balaban J connectivity index is 2.26. The number of amides is 1. The first kappa shape index (κ1) is 15.9. The Hall–Kier alpha value is -1.44. The van der Waals surface area contributed by atoms with Gasteiger partial charge in [0.25, 0.3) is 5.91 Å². The molecule has 0 spiro atoms. The van der Waals surface area contributed by atoms with Gasteiger partial charge in [-0.2, -0.15) is 4.31 Å². The number of hydrogen-bond acceptors (Lipinski definition) is 4. The maximum Gasteiger partial charge on any atom is 0.251 e. The molecule has 0 bridgehead atoms. The maximum absolute atomic E-state index is 12.7. The van der Waals surface area contributed by atoms with Crippen molar-refractivity contribution in [2.45, 2.75) is 24.3 Å². The Labute approximate surface area is 125 Å². The van der Waals surface area contributed by atoms with Crippen LogP contribution in [0.3, 0.4) is 0 Å². The van der Waals surface area contributed by atoms with Crippen LogP contribution >= 0.6 is 0 Å². The molecule has 0 aliphatic carbocycles. The molecular weight excluding hydrogens is 290 g/mol. The largest absolute Gasteiger partial charge is 0.355 e. The quantitative estimate of drug-likeness (QED) is 0.798. The number of rotatable bonds is 6. The molecule has 0 radical (unpaired) electrons. The molecule has 21 heavy (non-hydrogen) atoms. The summed E-state index contributed by atoms with van der Waals surface area (Å²) in [6, 6.07) is 6.08. The van der Waals surface area contributed by atoms with E-state index in [1.165, 1.54) is 24.3 Å². The van der Waals surface area contributed by atoms with Crippen LogP contribution in [0.4, 0.5) is 0 Å². The third kappa shape index (κ3) is 3.25. The van der Waals surface area contributed by atoms with Crippen molar-refractivity contribution in [1.82, 2.24) is 14.9 Å². The minimum Gasteiger partial charge on any atom is -0.355 e. The monoisotopic (exact) mass is 311 g/mol. The van der Waals surface area contributed by atoms with Crippen molar-refractivity contribution in [3.63, 3.8) is 0 Å². The molecule has 1 aliphatic heterocycles. The number of benzene rings is 1. The van der Waals surface area contributed by atoms with Gasteiger partial charge < -0.3 is 10.6 Å². The number of nitrogens with zero attached hydrogens (tertiary/aromatic N) is 1. The van der Waals surface area contributed by atoms with E-state index in [1.54, 1.807) is 11.4 Å². The normalized spacial score (nSPS) is 15.8. The number of carbonyl (C=O) groups is 1. The summed E-state index contributed by atoms with van der Waals surface area (Å²) in [4.78, 5) is 11.7. The highest BCUT2D eigenvalue weighted by molar-refractivity contribution is 7.89. The van der Waals surface area contributed by atoms with E-state index in [9.17, 15) is 13.2 Å². The second-order valence-electron chi connectivity index (χ2n) is 5.03. The lowest BCUT2D eigenvalue weighted by molar-refractivity contribution is 0.0963. The van der Waals surface area contributed by atoms with Gasteiger partial charge >= 0.3 is 0 Å². The minimum atomic E-state index is -3.51. The van der Waals surface area contributed by atoms with Crippen molar-refractivity contribution in [2.24, 2.45) is 0 Å². The van der Waals surface area contributed by atoms with Gasteiger partial charge in [0.1, 0.15) is 0 Å². The Morgan fingerprint density at radius 1 is 1.33 bits per heavy atom. The molecule has 1 fully saturated rings. The van der Waals surface area contributed by atoms with E-state index >= 15 is 0 Å². The molecule has 2 N–H and O–H groups in total. The van der Waals surface area contributed by atoms with E-state index in [-0.39, 0.29) is 16.8 Å². The van der Waals surface area contributed by atoms with Crippen LogP contribution in [0.15, 0.2) is 29.2 Å². The van der Waals surface area contributed by atoms with Gasteiger partial charge in [0.15, 0.2) is 0 Å². The van der Waals surface area contributed by atoms with Crippen LogP contribution in [0.2, 0.25) is 0 Å².